The van der Waals surface area contributed by atoms with E-state index in [0.29, 0.717) is 23.0 Å². The standard InChI is InChI=1S/2C10H9NO2/c2*12-10(13)5-7-6-11-9-4-2-1-3-8(7)9/h2*1-4,6,11H,5H2,(H,12,13)/i3D;1D. The molecule has 0 aliphatic rings. The summed E-state index contributed by atoms with van der Waals surface area (Å²) in [6.45, 7) is 0. The predicted molar refractivity (Wildman–Crippen MR) is 99.3 cm³/mol. The number of aliphatic carboxylic acids is 2. The maximum absolute atomic E-state index is 10.5. The number of aromatic amines is 2. The summed E-state index contributed by atoms with van der Waals surface area (Å²) in [5.41, 5.74) is 3.07. The molecule has 0 radical (unpaired) electrons. The van der Waals surface area contributed by atoms with Crippen molar-refractivity contribution < 1.29 is 22.5 Å². The lowest BCUT2D eigenvalue weighted by Gasteiger charge is -1.92. The van der Waals surface area contributed by atoms with Gasteiger partial charge in [-0.1, -0.05) is 36.4 Å². The molecule has 0 spiro atoms. The third-order valence-electron chi connectivity index (χ3n) is 3.87. The summed E-state index contributed by atoms with van der Waals surface area (Å²) in [6, 6.07) is 11.1. The van der Waals surface area contributed by atoms with Crippen LogP contribution in [0.3, 0.4) is 0 Å². The summed E-state index contributed by atoms with van der Waals surface area (Å²) in [4.78, 5) is 27.0. The van der Waals surface area contributed by atoms with Gasteiger partial charge in [-0.15, -0.1) is 0 Å². The smallest absolute Gasteiger partial charge is 0.307 e. The molecule has 6 nitrogen and oxygen atoms in total. The molecular formula is C20H18N2O4. The monoisotopic (exact) mass is 352 g/mol. The first kappa shape index (κ1) is 14.8. The second kappa shape index (κ2) is 7.57. The van der Waals surface area contributed by atoms with Crippen LogP contribution in [0.15, 0.2) is 60.9 Å². The molecule has 0 unspecified atom stereocenters. The zero-order chi connectivity index (χ0) is 20.3. The molecule has 0 bridgehead atoms. The van der Waals surface area contributed by atoms with Crippen LogP contribution in [0.4, 0.5) is 0 Å². The van der Waals surface area contributed by atoms with Gasteiger partial charge in [-0.25, -0.2) is 0 Å². The largest absolute Gasteiger partial charge is 0.481 e. The molecule has 2 aromatic heterocycles. The van der Waals surface area contributed by atoms with Gasteiger partial charge in [0.15, 0.2) is 0 Å². The van der Waals surface area contributed by atoms with Crippen LogP contribution in [0, 0.1) is 0 Å². The molecule has 6 heteroatoms. The number of hydrogen-bond donors (Lipinski definition) is 4. The molecule has 2 heterocycles. The Hall–Kier alpha value is -3.54. The quantitative estimate of drug-likeness (QED) is 0.450. The van der Waals surface area contributed by atoms with Crippen molar-refractivity contribution in [1.82, 2.24) is 9.97 Å². The van der Waals surface area contributed by atoms with Gasteiger partial charge in [0.2, 0.25) is 0 Å². The molecule has 0 aliphatic heterocycles. The fourth-order valence-electron chi connectivity index (χ4n) is 2.74. The first-order valence-electron chi connectivity index (χ1n) is 8.91. The molecule has 2 aromatic carbocycles. The van der Waals surface area contributed by atoms with Gasteiger partial charge < -0.3 is 20.2 Å². The van der Waals surface area contributed by atoms with Gasteiger partial charge in [-0.3, -0.25) is 9.59 Å². The molecule has 26 heavy (non-hydrogen) atoms. The van der Waals surface area contributed by atoms with Gasteiger partial charge in [0.25, 0.3) is 0 Å². The van der Waals surface area contributed by atoms with Gasteiger partial charge >= 0.3 is 11.9 Å². The van der Waals surface area contributed by atoms with Gasteiger partial charge in [0.1, 0.15) is 0 Å². The summed E-state index contributed by atoms with van der Waals surface area (Å²) < 4.78 is 15.1. The number of nitrogens with one attached hydrogen (secondary N) is 2. The van der Waals surface area contributed by atoms with Crippen molar-refractivity contribution in [1.29, 1.82) is 0 Å². The lowest BCUT2D eigenvalue weighted by molar-refractivity contribution is -0.137. The summed E-state index contributed by atoms with van der Waals surface area (Å²) in [5, 5.41) is 18.8. The first-order chi connectivity index (χ1) is 13.3. The van der Waals surface area contributed by atoms with E-state index in [1.165, 1.54) is 0 Å². The zero-order valence-electron chi connectivity index (χ0n) is 15.7. The fourth-order valence-corrected chi connectivity index (χ4v) is 2.74. The Morgan fingerprint density at radius 1 is 0.846 bits per heavy atom. The van der Waals surface area contributed by atoms with Gasteiger partial charge in [-0.2, -0.15) is 0 Å². The van der Waals surface area contributed by atoms with Crippen LogP contribution in [0.2, 0.25) is 0 Å². The average molecular weight is 352 g/mol. The number of H-pyrrole nitrogens is 2. The van der Waals surface area contributed by atoms with E-state index >= 15 is 0 Å². The van der Waals surface area contributed by atoms with E-state index in [4.69, 9.17) is 13.0 Å². The molecule has 0 atom stereocenters. The number of rotatable bonds is 4. The van der Waals surface area contributed by atoms with E-state index in [0.717, 1.165) is 22.0 Å². The minimum atomic E-state index is -0.880. The van der Waals surface area contributed by atoms with Gasteiger partial charge in [-0.05, 0) is 23.3 Å². The highest BCUT2D eigenvalue weighted by atomic mass is 16.4. The van der Waals surface area contributed by atoms with Gasteiger partial charge in [0.05, 0.1) is 15.6 Å². The zero-order valence-corrected chi connectivity index (χ0v) is 13.7. The topological polar surface area (TPSA) is 106 Å². The average Bonchev–Trinajstić information content (AvgIpc) is 3.20. The van der Waals surface area contributed by atoms with Crippen LogP contribution in [0.1, 0.15) is 13.9 Å². The lowest BCUT2D eigenvalue weighted by atomic mass is 10.1. The molecule has 0 fully saturated rings. The molecule has 4 rings (SSSR count). The Kier molecular flexibility index (Phi) is 4.30. The number of fused-ring (bicyclic) bond motifs is 2. The normalized spacial score (nSPS) is 11.5. The number of carboxylic acids is 2. The van der Waals surface area contributed by atoms with E-state index in [1.54, 1.807) is 42.7 Å². The van der Waals surface area contributed by atoms with E-state index in [1.807, 2.05) is 6.07 Å². The van der Waals surface area contributed by atoms with Crippen LogP contribution < -0.4 is 0 Å². The molecule has 4 N–H and O–H groups in total. The Balaban J connectivity index is 0.000000161. The molecule has 0 aliphatic carbocycles. The Morgan fingerprint density at radius 3 is 2.08 bits per heavy atom. The Bertz CT molecular complexity index is 1160. The molecule has 0 amide bonds. The summed E-state index contributed by atoms with van der Waals surface area (Å²) in [7, 11) is 0. The number of carbonyl (C=O) groups is 2. The Labute approximate surface area is 151 Å². The number of hydrogen-bond acceptors (Lipinski definition) is 2. The second-order valence-corrected chi connectivity index (χ2v) is 5.70. The van der Waals surface area contributed by atoms with Crippen molar-refractivity contribution >= 4 is 33.7 Å². The van der Waals surface area contributed by atoms with Crippen molar-refractivity contribution in [2.45, 2.75) is 12.8 Å². The van der Waals surface area contributed by atoms with Crippen molar-refractivity contribution in [3.63, 3.8) is 0 Å². The van der Waals surface area contributed by atoms with Crippen molar-refractivity contribution in [3.8, 4) is 0 Å². The SMILES string of the molecule is [2H]c1ccc2[nH]cc(CC(=O)O)c2c1.[2H]c1cccc2[nH]cc(CC(=O)O)c12. The highest BCUT2D eigenvalue weighted by Gasteiger charge is 2.06. The predicted octanol–water partition coefficient (Wildman–Crippen LogP) is 3.59. The Morgan fingerprint density at radius 2 is 1.42 bits per heavy atom. The number of carboxylic acid groups (broad SMARTS) is 2. The van der Waals surface area contributed by atoms with Crippen LogP contribution in [0.25, 0.3) is 21.8 Å². The summed E-state index contributed by atoms with van der Waals surface area (Å²) in [5.74, 6) is -1.74. The minimum absolute atomic E-state index is 0.0105. The maximum Gasteiger partial charge on any atom is 0.307 e. The lowest BCUT2D eigenvalue weighted by Crippen LogP contribution is -1.98. The summed E-state index contributed by atoms with van der Waals surface area (Å²) in [6.07, 6.45) is 3.27. The van der Waals surface area contributed by atoms with Crippen LogP contribution in [-0.2, 0) is 22.4 Å². The highest BCUT2D eigenvalue weighted by Crippen LogP contribution is 2.18. The maximum atomic E-state index is 10.5. The van der Waals surface area contributed by atoms with Crippen molar-refractivity contribution in [2.75, 3.05) is 0 Å². The number of para-hydroxylation sites is 2. The third kappa shape index (κ3) is 3.92. The van der Waals surface area contributed by atoms with Crippen molar-refractivity contribution in [3.05, 3.63) is 72.0 Å². The van der Waals surface area contributed by atoms with E-state index in [-0.39, 0.29) is 12.8 Å². The molecule has 4 aromatic rings. The number of aromatic nitrogens is 2. The van der Waals surface area contributed by atoms with E-state index in [9.17, 15) is 9.59 Å². The van der Waals surface area contributed by atoms with Crippen LogP contribution >= 0.6 is 0 Å². The molecular weight excluding hydrogens is 332 g/mol. The fraction of sp³-hybridized carbons (Fsp3) is 0.100. The molecule has 0 saturated heterocycles. The third-order valence-corrected chi connectivity index (χ3v) is 3.87. The van der Waals surface area contributed by atoms with E-state index < -0.39 is 11.9 Å². The van der Waals surface area contributed by atoms with Crippen LogP contribution in [-0.4, -0.2) is 32.1 Å². The molecule has 132 valence electrons. The highest BCUT2D eigenvalue weighted by molar-refractivity contribution is 5.87. The second-order valence-electron chi connectivity index (χ2n) is 5.70. The van der Waals surface area contributed by atoms with Gasteiger partial charge in [0, 0.05) is 34.2 Å². The summed E-state index contributed by atoms with van der Waals surface area (Å²) >= 11 is 0. The molecule has 0 saturated carbocycles. The van der Waals surface area contributed by atoms with Crippen molar-refractivity contribution in [2.24, 2.45) is 0 Å². The first-order valence-corrected chi connectivity index (χ1v) is 7.91. The van der Waals surface area contributed by atoms with Crippen LogP contribution in [0.5, 0.6) is 0 Å². The minimum Gasteiger partial charge on any atom is -0.481 e. The van der Waals surface area contributed by atoms with E-state index in [2.05, 4.69) is 9.97 Å². The number of benzene rings is 2.